The van der Waals surface area contributed by atoms with Crippen molar-refractivity contribution in [3.63, 3.8) is 0 Å². The summed E-state index contributed by atoms with van der Waals surface area (Å²) in [6, 6.07) is 11.1. The topological polar surface area (TPSA) is 50.8 Å². The number of hydrogen-bond donors (Lipinski definition) is 1. The molecule has 5 heteroatoms. The van der Waals surface area contributed by atoms with Crippen molar-refractivity contribution in [3.8, 4) is 28.1 Å². The number of nitrogens with zero attached hydrogens (tertiary/aromatic N) is 2. The predicted octanol–water partition coefficient (Wildman–Crippen LogP) is 3.75. The fourth-order valence-electron chi connectivity index (χ4n) is 2.31. The molecule has 1 N–H and O–H groups in total. The summed E-state index contributed by atoms with van der Waals surface area (Å²) in [4.78, 5) is 4.03. The molecule has 0 atom stereocenters. The van der Waals surface area contributed by atoms with Crippen molar-refractivity contribution in [3.05, 3.63) is 54.5 Å². The second kappa shape index (κ2) is 5.75. The first-order valence-corrected chi connectivity index (χ1v) is 6.54. The Morgan fingerprint density at radius 1 is 1.14 bits per heavy atom. The summed E-state index contributed by atoms with van der Waals surface area (Å²) in [5.74, 6) is 0.483. The van der Waals surface area contributed by atoms with Crippen LogP contribution in [-0.2, 0) is 0 Å². The van der Waals surface area contributed by atoms with E-state index in [0.29, 0.717) is 5.75 Å². The predicted molar refractivity (Wildman–Crippen MR) is 78.6 cm³/mol. The van der Waals surface area contributed by atoms with Gasteiger partial charge >= 0.3 is 0 Å². The van der Waals surface area contributed by atoms with Crippen molar-refractivity contribution in [1.29, 1.82) is 0 Å². The molecule has 1 aromatic carbocycles. The first-order chi connectivity index (χ1) is 10.3. The summed E-state index contributed by atoms with van der Waals surface area (Å²) in [5, 5.41) is 7.37. The normalized spacial score (nSPS) is 10.6. The van der Waals surface area contributed by atoms with E-state index in [2.05, 4.69) is 15.2 Å². The summed E-state index contributed by atoms with van der Waals surface area (Å²) in [7, 11) is 0. The maximum atomic E-state index is 12.3. The molecule has 106 valence electrons. The standard InChI is InChI=1S/C16H14FN3O/c1-11-15(12-5-7-18-8-6-12)16(20-19-11)13-3-2-4-14(9-13)21-10-17/h2-9H,10H2,1H3,(H,19,20). The Labute approximate surface area is 121 Å². The molecule has 3 aromatic rings. The van der Waals surface area contributed by atoms with E-state index in [4.69, 9.17) is 4.74 Å². The Morgan fingerprint density at radius 3 is 2.71 bits per heavy atom. The number of H-pyrrole nitrogens is 1. The van der Waals surface area contributed by atoms with Crippen LogP contribution < -0.4 is 4.74 Å². The van der Waals surface area contributed by atoms with Crippen molar-refractivity contribution in [2.75, 3.05) is 6.86 Å². The van der Waals surface area contributed by atoms with E-state index in [1.807, 2.05) is 31.2 Å². The number of ether oxygens (including phenoxy) is 1. The van der Waals surface area contributed by atoms with Crippen LogP contribution in [0.25, 0.3) is 22.4 Å². The molecule has 0 fully saturated rings. The minimum Gasteiger partial charge on any atom is -0.463 e. The Bertz CT molecular complexity index is 740. The quantitative estimate of drug-likeness (QED) is 0.793. The molecule has 0 aliphatic carbocycles. The van der Waals surface area contributed by atoms with Gasteiger partial charge in [0.1, 0.15) is 11.4 Å². The molecule has 0 saturated carbocycles. The van der Waals surface area contributed by atoms with Gasteiger partial charge in [-0.15, -0.1) is 0 Å². The number of aromatic nitrogens is 3. The van der Waals surface area contributed by atoms with Crippen molar-refractivity contribution in [2.24, 2.45) is 0 Å². The lowest BCUT2D eigenvalue weighted by molar-refractivity contribution is 0.192. The van der Waals surface area contributed by atoms with Gasteiger partial charge in [-0.3, -0.25) is 10.1 Å². The highest BCUT2D eigenvalue weighted by atomic mass is 19.1. The second-order valence-corrected chi connectivity index (χ2v) is 4.59. The maximum absolute atomic E-state index is 12.3. The monoisotopic (exact) mass is 283 g/mol. The molecule has 0 spiro atoms. The number of benzene rings is 1. The van der Waals surface area contributed by atoms with Gasteiger partial charge in [0.2, 0.25) is 6.86 Å². The first-order valence-electron chi connectivity index (χ1n) is 6.54. The third-order valence-electron chi connectivity index (χ3n) is 3.24. The zero-order chi connectivity index (χ0) is 14.7. The van der Waals surface area contributed by atoms with E-state index in [0.717, 1.165) is 28.1 Å². The average molecular weight is 283 g/mol. The van der Waals surface area contributed by atoms with Gasteiger partial charge in [-0.05, 0) is 36.8 Å². The van der Waals surface area contributed by atoms with Gasteiger partial charge in [0.25, 0.3) is 0 Å². The number of aryl methyl sites for hydroxylation is 1. The Hall–Kier alpha value is -2.69. The zero-order valence-electron chi connectivity index (χ0n) is 11.5. The highest BCUT2D eigenvalue weighted by molar-refractivity contribution is 5.82. The minimum absolute atomic E-state index is 0.483. The average Bonchev–Trinajstić information content (AvgIpc) is 2.90. The molecule has 2 aromatic heterocycles. The Balaban J connectivity index is 2.10. The van der Waals surface area contributed by atoms with Crippen LogP contribution in [0.1, 0.15) is 5.69 Å². The van der Waals surface area contributed by atoms with Crippen LogP contribution >= 0.6 is 0 Å². The summed E-state index contributed by atoms with van der Waals surface area (Å²) in [6.07, 6.45) is 3.49. The second-order valence-electron chi connectivity index (χ2n) is 4.59. The summed E-state index contributed by atoms with van der Waals surface area (Å²) in [5.41, 5.74) is 4.69. The van der Waals surface area contributed by atoms with E-state index >= 15 is 0 Å². The molecule has 4 nitrogen and oxygen atoms in total. The third-order valence-corrected chi connectivity index (χ3v) is 3.24. The van der Waals surface area contributed by atoms with Gasteiger partial charge in [0.05, 0.1) is 0 Å². The van der Waals surface area contributed by atoms with Crippen LogP contribution in [0, 0.1) is 6.92 Å². The minimum atomic E-state index is -0.847. The number of hydrogen-bond acceptors (Lipinski definition) is 3. The van der Waals surface area contributed by atoms with Crippen molar-refractivity contribution in [2.45, 2.75) is 6.92 Å². The number of aromatic amines is 1. The molecule has 0 aliphatic rings. The molecule has 0 saturated heterocycles. The smallest absolute Gasteiger partial charge is 0.228 e. The summed E-state index contributed by atoms with van der Waals surface area (Å²) in [6.45, 7) is 1.12. The van der Waals surface area contributed by atoms with Crippen molar-refractivity contribution >= 4 is 0 Å². The van der Waals surface area contributed by atoms with Crippen LogP contribution in [0.4, 0.5) is 4.39 Å². The molecule has 3 rings (SSSR count). The highest BCUT2D eigenvalue weighted by Gasteiger charge is 2.14. The van der Waals surface area contributed by atoms with E-state index in [-0.39, 0.29) is 0 Å². The molecular formula is C16H14FN3O. The van der Waals surface area contributed by atoms with E-state index in [9.17, 15) is 4.39 Å². The summed E-state index contributed by atoms with van der Waals surface area (Å²) >= 11 is 0. The number of pyridine rings is 1. The van der Waals surface area contributed by atoms with E-state index in [1.165, 1.54) is 0 Å². The van der Waals surface area contributed by atoms with Gasteiger partial charge < -0.3 is 4.74 Å². The molecule has 0 aliphatic heterocycles. The lowest BCUT2D eigenvalue weighted by atomic mass is 10.00. The van der Waals surface area contributed by atoms with Crippen molar-refractivity contribution < 1.29 is 9.13 Å². The zero-order valence-corrected chi connectivity index (χ0v) is 11.5. The van der Waals surface area contributed by atoms with Gasteiger partial charge in [-0.25, -0.2) is 4.39 Å². The Morgan fingerprint density at radius 2 is 1.95 bits per heavy atom. The number of nitrogens with one attached hydrogen (secondary N) is 1. The van der Waals surface area contributed by atoms with Crippen LogP contribution in [0.2, 0.25) is 0 Å². The van der Waals surface area contributed by atoms with Gasteiger partial charge in [0, 0.05) is 29.2 Å². The SMILES string of the molecule is Cc1[nH]nc(-c2cccc(OCF)c2)c1-c1ccncc1. The van der Waals surface area contributed by atoms with Crippen LogP contribution in [-0.4, -0.2) is 22.0 Å². The van der Waals surface area contributed by atoms with E-state index in [1.54, 1.807) is 24.5 Å². The van der Waals surface area contributed by atoms with Crippen molar-refractivity contribution in [1.82, 2.24) is 15.2 Å². The Kier molecular flexibility index (Phi) is 3.64. The van der Waals surface area contributed by atoms with E-state index < -0.39 is 6.86 Å². The van der Waals surface area contributed by atoms with Crippen LogP contribution in [0.15, 0.2) is 48.8 Å². The lowest BCUT2D eigenvalue weighted by Crippen LogP contribution is -1.90. The summed E-state index contributed by atoms with van der Waals surface area (Å²) < 4.78 is 17.2. The first kappa shape index (κ1) is 13.3. The molecule has 21 heavy (non-hydrogen) atoms. The van der Waals surface area contributed by atoms with Gasteiger partial charge in [0.15, 0.2) is 0 Å². The lowest BCUT2D eigenvalue weighted by Gasteiger charge is -2.06. The molecule has 0 amide bonds. The molecule has 2 heterocycles. The van der Waals surface area contributed by atoms with Gasteiger partial charge in [-0.1, -0.05) is 12.1 Å². The van der Waals surface area contributed by atoms with Crippen LogP contribution in [0.5, 0.6) is 5.75 Å². The highest BCUT2D eigenvalue weighted by Crippen LogP contribution is 2.33. The molecule has 0 unspecified atom stereocenters. The molecule has 0 radical (unpaired) electrons. The van der Waals surface area contributed by atoms with Crippen LogP contribution in [0.3, 0.4) is 0 Å². The fourth-order valence-corrected chi connectivity index (χ4v) is 2.31. The maximum Gasteiger partial charge on any atom is 0.228 e. The van der Waals surface area contributed by atoms with Gasteiger partial charge in [-0.2, -0.15) is 5.10 Å². The number of rotatable bonds is 4. The largest absolute Gasteiger partial charge is 0.463 e. The third kappa shape index (κ3) is 2.63. The fraction of sp³-hybridized carbons (Fsp3) is 0.125. The number of halogens is 1. The molecular weight excluding hydrogens is 269 g/mol. The molecule has 0 bridgehead atoms. The number of alkyl halides is 1.